The number of rotatable bonds is 4. The Morgan fingerprint density at radius 2 is 2.22 bits per heavy atom. The molecule has 0 saturated heterocycles. The molecule has 1 aromatic carbocycles. The van der Waals surface area contributed by atoms with Crippen LogP contribution in [0, 0.1) is 5.92 Å². The second-order valence-electron chi connectivity index (χ2n) is 5.35. The van der Waals surface area contributed by atoms with Gasteiger partial charge in [-0.05, 0) is 50.3 Å². The lowest BCUT2D eigenvalue weighted by Crippen LogP contribution is -2.53. The first-order chi connectivity index (χ1) is 8.41. The van der Waals surface area contributed by atoms with Crippen LogP contribution in [0.3, 0.4) is 0 Å². The van der Waals surface area contributed by atoms with Gasteiger partial charge in [0.2, 0.25) is 5.91 Å². The molecule has 1 amide bonds. The van der Waals surface area contributed by atoms with Crippen molar-refractivity contribution >= 4 is 5.91 Å². The van der Waals surface area contributed by atoms with Crippen LogP contribution in [0.2, 0.25) is 0 Å². The first kappa shape index (κ1) is 12.9. The zero-order valence-electron chi connectivity index (χ0n) is 10.8. The molecule has 2 unspecified atom stereocenters. The Morgan fingerprint density at radius 1 is 1.56 bits per heavy atom. The Kier molecular flexibility index (Phi) is 3.30. The Bertz CT molecular complexity index is 453. The molecule has 0 aromatic heterocycles. The molecule has 1 fully saturated rings. The van der Waals surface area contributed by atoms with E-state index in [-0.39, 0.29) is 17.7 Å². The number of carbonyl (C=O) groups is 1. The average molecular weight is 248 g/mol. The van der Waals surface area contributed by atoms with Gasteiger partial charge < -0.3 is 16.2 Å². The first-order valence-electron chi connectivity index (χ1n) is 6.30. The summed E-state index contributed by atoms with van der Waals surface area (Å²) in [6.07, 6.45) is 2.06. The van der Waals surface area contributed by atoms with Gasteiger partial charge >= 0.3 is 0 Å². The van der Waals surface area contributed by atoms with Crippen molar-refractivity contribution in [1.29, 1.82) is 0 Å². The van der Waals surface area contributed by atoms with Crippen LogP contribution in [-0.2, 0) is 4.79 Å². The van der Waals surface area contributed by atoms with E-state index in [1.807, 2.05) is 13.0 Å². The molecule has 1 aliphatic rings. The van der Waals surface area contributed by atoms with Gasteiger partial charge in [-0.1, -0.05) is 12.1 Å². The van der Waals surface area contributed by atoms with E-state index >= 15 is 0 Å². The van der Waals surface area contributed by atoms with Crippen molar-refractivity contribution in [2.24, 2.45) is 11.7 Å². The normalized spacial score (nSPS) is 19.9. The summed E-state index contributed by atoms with van der Waals surface area (Å²) in [5.74, 6) is 0.376. The number of phenols is 1. The Morgan fingerprint density at radius 3 is 2.78 bits per heavy atom. The summed E-state index contributed by atoms with van der Waals surface area (Å²) in [6, 6.07) is 6.72. The molecular formula is C14H20N2O2. The van der Waals surface area contributed by atoms with E-state index < -0.39 is 5.54 Å². The second kappa shape index (κ2) is 4.61. The highest BCUT2D eigenvalue weighted by Gasteiger charge is 2.44. The molecule has 98 valence electrons. The van der Waals surface area contributed by atoms with Gasteiger partial charge in [-0.2, -0.15) is 0 Å². The van der Waals surface area contributed by atoms with Crippen LogP contribution in [-0.4, -0.2) is 16.6 Å². The third-order valence-electron chi connectivity index (χ3n) is 3.63. The molecule has 4 heteroatoms. The number of amides is 1. The molecule has 0 radical (unpaired) electrons. The summed E-state index contributed by atoms with van der Waals surface area (Å²) in [4.78, 5) is 12.1. The van der Waals surface area contributed by atoms with Crippen LogP contribution in [0.25, 0.3) is 0 Å². The molecule has 4 N–H and O–H groups in total. The van der Waals surface area contributed by atoms with E-state index in [0.717, 1.165) is 18.4 Å². The molecule has 2 atom stereocenters. The minimum absolute atomic E-state index is 0.124. The van der Waals surface area contributed by atoms with Gasteiger partial charge in [0.05, 0.1) is 11.6 Å². The Labute approximate surface area is 107 Å². The SMILES string of the molecule is CC(NC(=O)C(C)(N)C1CC1)c1cccc(O)c1. The summed E-state index contributed by atoms with van der Waals surface area (Å²) >= 11 is 0. The summed E-state index contributed by atoms with van der Waals surface area (Å²) < 4.78 is 0. The third kappa shape index (κ3) is 2.64. The van der Waals surface area contributed by atoms with Crippen LogP contribution in [0.5, 0.6) is 5.75 Å². The minimum Gasteiger partial charge on any atom is -0.508 e. The van der Waals surface area contributed by atoms with Crippen LogP contribution < -0.4 is 11.1 Å². The minimum atomic E-state index is -0.787. The molecule has 0 heterocycles. The fraction of sp³-hybridized carbons (Fsp3) is 0.500. The summed E-state index contributed by atoms with van der Waals surface area (Å²) in [7, 11) is 0. The first-order valence-corrected chi connectivity index (χ1v) is 6.30. The summed E-state index contributed by atoms with van der Waals surface area (Å²) in [5.41, 5.74) is 6.14. The van der Waals surface area contributed by atoms with E-state index in [1.165, 1.54) is 0 Å². The van der Waals surface area contributed by atoms with Gasteiger partial charge in [-0.3, -0.25) is 4.79 Å². The monoisotopic (exact) mass is 248 g/mol. The van der Waals surface area contributed by atoms with Crippen LogP contribution in [0.4, 0.5) is 0 Å². The molecule has 0 spiro atoms. The molecule has 2 rings (SSSR count). The molecule has 1 saturated carbocycles. The van der Waals surface area contributed by atoms with E-state index in [9.17, 15) is 9.90 Å². The second-order valence-corrected chi connectivity index (χ2v) is 5.35. The van der Waals surface area contributed by atoms with Crippen molar-refractivity contribution < 1.29 is 9.90 Å². The van der Waals surface area contributed by atoms with Gasteiger partial charge in [0.25, 0.3) is 0 Å². The highest BCUT2D eigenvalue weighted by molar-refractivity contribution is 5.86. The van der Waals surface area contributed by atoms with Crippen molar-refractivity contribution in [2.45, 2.75) is 38.3 Å². The molecule has 4 nitrogen and oxygen atoms in total. The van der Waals surface area contributed by atoms with Crippen LogP contribution in [0.15, 0.2) is 24.3 Å². The number of hydrogen-bond donors (Lipinski definition) is 3. The van der Waals surface area contributed by atoms with Crippen molar-refractivity contribution in [2.75, 3.05) is 0 Å². The summed E-state index contributed by atoms with van der Waals surface area (Å²) in [5, 5.41) is 12.3. The topological polar surface area (TPSA) is 75.4 Å². The standard InChI is InChI=1S/C14H20N2O2/c1-9(10-4-3-5-12(17)8-10)16-13(18)14(2,15)11-6-7-11/h3-5,8-9,11,17H,6-7,15H2,1-2H3,(H,16,18). The maximum atomic E-state index is 12.1. The van der Waals surface area contributed by atoms with Gasteiger partial charge in [-0.25, -0.2) is 0 Å². The third-order valence-corrected chi connectivity index (χ3v) is 3.63. The zero-order chi connectivity index (χ0) is 13.3. The van der Waals surface area contributed by atoms with E-state index in [1.54, 1.807) is 25.1 Å². The lowest BCUT2D eigenvalue weighted by atomic mass is 9.95. The van der Waals surface area contributed by atoms with Gasteiger partial charge in [0.1, 0.15) is 5.75 Å². The van der Waals surface area contributed by atoms with Crippen molar-refractivity contribution in [3.05, 3.63) is 29.8 Å². The smallest absolute Gasteiger partial charge is 0.240 e. The maximum Gasteiger partial charge on any atom is 0.240 e. The quantitative estimate of drug-likeness (QED) is 0.759. The number of nitrogens with two attached hydrogens (primary N) is 1. The highest BCUT2D eigenvalue weighted by atomic mass is 16.3. The Balaban J connectivity index is 2.03. The van der Waals surface area contributed by atoms with Crippen LogP contribution >= 0.6 is 0 Å². The number of aromatic hydroxyl groups is 1. The van der Waals surface area contributed by atoms with Crippen molar-refractivity contribution in [3.8, 4) is 5.75 Å². The fourth-order valence-electron chi connectivity index (χ4n) is 2.10. The Hall–Kier alpha value is -1.55. The maximum absolute atomic E-state index is 12.1. The van der Waals surface area contributed by atoms with Gasteiger partial charge in [0.15, 0.2) is 0 Å². The number of hydrogen-bond acceptors (Lipinski definition) is 3. The number of carbonyl (C=O) groups excluding carboxylic acids is 1. The van der Waals surface area contributed by atoms with E-state index in [4.69, 9.17) is 5.73 Å². The number of phenolic OH excluding ortho intramolecular Hbond substituents is 1. The van der Waals surface area contributed by atoms with Gasteiger partial charge in [-0.15, -0.1) is 0 Å². The molecular weight excluding hydrogens is 228 g/mol. The van der Waals surface area contributed by atoms with Crippen LogP contribution in [0.1, 0.15) is 38.3 Å². The number of benzene rings is 1. The molecule has 18 heavy (non-hydrogen) atoms. The zero-order valence-corrected chi connectivity index (χ0v) is 10.8. The van der Waals surface area contributed by atoms with Crippen molar-refractivity contribution in [1.82, 2.24) is 5.32 Å². The molecule has 1 aliphatic carbocycles. The lowest BCUT2D eigenvalue weighted by molar-refractivity contribution is -0.127. The van der Waals surface area contributed by atoms with E-state index in [0.29, 0.717) is 5.92 Å². The fourth-order valence-corrected chi connectivity index (χ4v) is 2.10. The molecule has 1 aromatic rings. The predicted molar refractivity (Wildman–Crippen MR) is 70.0 cm³/mol. The van der Waals surface area contributed by atoms with Gasteiger partial charge in [0, 0.05) is 0 Å². The average Bonchev–Trinajstić information content (AvgIpc) is 3.12. The van der Waals surface area contributed by atoms with E-state index in [2.05, 4.69) is 5.32 Å². The largest absolute Gasteiger partial charge is 0.508 e. The lowest BCUT2D eigenvalue weighted by Gasteiger charge is -2.26. The molecule has 0 bridgehead atoms. The van der Waals surface area contributed by atoms with Crippen molar-refractivity contribution in [3.63, 3.8) is 0 Å². The summed E-state index contributed by atoms with van der Waals surface area (Å²) in [6.45, 7) is 3.67. The molecule has 0 aliphatic heterocycles. The highest BCUT2D eigenvalue weighted by Crippen LogP contribution is 2.38. The predicted octanol–water partition coefficient (Wildman–Crippen LogP) is 1.70. The number of nitrogens with one attached hydrogen (secondary N) is 1.